The Kier molecular flexibility index (Phi) is 6.20. The molecule has 2 heterocycles. The number of nitrogens with one attached hydrogen (secondary N) is 1. The van der Waals surface area contributed by atoms with Gasteiger partial charge in [0.05, 0.1) is 21.7 Å². The number of hydrogen-bond donors (Lipinski definition) is 1. The highest BCUT2D eigenvalue weighted by atomic mass is 19.1. The van der Waals surface area contributed by atoms with Gasteiger partial charge in [-0.3, -0.25) is 24.6 Å². The Morgan fingerprint density at radius 1 is 1.03 bits per heavy atom. The molecule has 4 rings (SSSR count). The minimum Gasteiger partial charge on any atom is -0.366 e. The number of benzene rings is 2. The number of anilines is 1. The van der Waals surface area contributed by atoms with Gasteiger partial charge in [-0.2, -0.15) is 0 Å². The van der Waals surface area contributed by atoms with E-state index in [4.69, 9.17) is 0 Å². The number of urea groups is 1. The van der Waals surface area contributed by atoms with Crippen molar-refractivity contribution in [1.82, 2.24) is 15.1 Å². The van der Waals surface area contributed by atoms with Gasteiger partial charge >= 0.3 is 6.03 Å². The Balaban J connectivity index is 1.23. The molecular weight excluding hydrogens is 433 g/mol. The standard InChI is InChI=1S/C22H22FN5O5/c23-18-4-1-2-5-19(18)25-10-12-26(13-11-25)22(31)24-8-3-9-27-20(29)16-7-6-15(28(32)33)14-17(16)21(27)30/h1-2,4-7,14H,3,8-13H2,(H,24,31). The van der Waals surface area contributed by atoms with Crippen molar-refractivity contribution >= 4 is 29.2 Å². The molecule has 11 heteroatoms. The van der Waals surface area contributed by atoms with E-state index in [1.54, 1.807) is 23.1 Å². The smallest absolute Gasteiger partial charge is 0.317 e. The Bertz CT molecular complexity index is 1120. The van der Waals surface area contributed by atoms with Crippen molar-refractivity contribution in [3.63, 3.8) is 0 Å². The summed E-state index contributed by atoms with van der Waals surface area (Å²) < 4.78 is 13.9. The molecule has 0 spiro atoms. The van der Waals surface area contributed by atoms with E-state index >= 15 is 0 Å². The number of para-hydroxylation sites is 1. The van der Waals surface area contributed by atoms with Gasteiger partial charge < -0.3 is 15.1 Å². The van der Waals surface area contributed by atoms with Crippen LogP contribution in [-0.4, -0.2) is 71.8 Å². The molecule has 0 aliphatic carbocycles. The number of carbonyl (C=O) groups is 3. The Hall–Kier alpha value is -4.02. The molecule has 2 aromatic rings. The van der Waals surface area contributed by atoms with E-state index in [9.17, 15) is 28.9 Å². The molecule has 0 bridgehead atoms. The molecule has 1 fully saturated rings. The average molecular weight is 455 g/mol. The van der Waals surface area contributed by atoms with Gasteiger partial charge in [0.1, 0.15) is 5.82 Å². The van der Waals surface area contributed by atoms with Gasteiger partial charge in [0.2, 0.25) is 0 Å². The normalized spacial score (nSPS) is 15.6. The monoisotopic (exact) mass is 455 g/mol. The first kappa shape index (κ1) is 22.2. The quantitative estimate of drug-likeness (QED) is 0.309. The molecule has 4 amide bonds. The van der Waals surface area contributed by atoms with Gasteiger partial charge in [0, 0.05) is 51.4 Å². The van der Waals surface area contributed by atoms with E-state index < -0.39 is 16.7 Å². The molecule has 0 saturated carbocycles. The minimum absolute atomic E-state index is 0.0194. The molecule has 2 aromatic carbocycles. The topological polar surface area (TPSA) is 116 Å². The maximum atomic E-state index is 13.9. The largest absolute Gasteiger partial charge is 0.366 e. The lowest BCUT2D eigenvalue weighted by molar-refractivity contribution is -0.384. The summed E-state index contributed by atoms with van der Waals surface area (Å²) >= 11 is 0. The summed E-state index contributed by atoms with van der Waals surface area (Å²) in [5, 5.41) is 13.7. The number of imide groups is 1. The first-order chi connectivity index (χ1) is 15.9. The summed E-state index contributed by atoms with van der Waals surface area (Å²) in [6.45, 7) is 2.24. The maximum Gasteiger partial charge on any atom is 0.317 e. The Morgan fingerprint density at radius 3 is 2.42 bits per heavy atom. The van der Waals surface area contributed by atoms with Crippen molar-refractivity contribution in [3.8, 4) is 0 Å². The van der Waals surface area contributed by atoms with Crippen molar-refractivity contribution in [2.45, 2.75) is 6.42 Å². The van der Waals surface area contributed by atoms with Crippen LogP contribution in [0.1, 0.15) is 27.1 Å². The van der Waals surface area contributed by atoms with Crippen LogP contribution in [0.2, 0.25) is 0 Å². The fraction of sp³-hybridized carbons (Fsp3) is 0.318. The van der Waals surface area contributed by atoms with Crippen molar-refractivity contribution in [3.05, 3.63) is 69.5 Å². The molecule has 1 N–H and O–H groups in total. The van der Waals surface area contributed by atoms with Crippen molar-refractivity contribution in [2.24, 2.45) is 0 Å². The van der Waals surface area contributed by atoms with E-state index in [-0.39, 0.29) is 41.8 Å². The number of nitro benzene ring substituents is 1. The molecule has 0 atom stereocenters. The second kappa shape index (κ2) is 9.23. The van der Waals surface area contributed by atoms with Crippen LogP contribution in [0.4, 0.5) is 20.6 Å². The van der Waals surface area contributed by atoms with E-state index in [0.29, 0.717) is 38.3 Å². The lowest BCUT2D eigenvalue weighted by atomic mass is 10.1. The average Bonchev–Trinajstić information content (AvgIpc) is 3.06. The van der Waals surface area contributed by atoms with Crippen molar-refractivity contribution in [2.75, 3.05) is 44.2 Å². The third kappa shape index (κ3) is 4.47. The lowest BCUT2D eigenvalue weighted by Gasteiger charge is -2.36. The second-order valence-corrected chi connectivity index (χ2v) is 7.76. The highest BCUT2D eigenvalue weighted by molar-refractivity contribution is 6.21. The van der Waals surface area contributed by atoms with Crippen LogP contribution in [0.15, 0.2) is 42.5 Å². The fourth-order valence-electron chi connectivity index (χ4n) is 4.00. The number of piperazine rings is 1. The Morgan fingerprint density at radius 2 is 1.73 bits per heavy atom. The molecule has 2 aliphatic rings. The molecule has 0 unspecified atom stereocenters. The molecule has 33 heavy (non-hydrogen) atoms. The van der Waals surface area contributed by atoms with Gasteiger partial charge in [-0.1, -0.05) is 12.1 Å². The summed E-state index contributed by atoms with van der Waals surface area (Å²) in [6.07, 6.45) is 0.342. The van der Waals surface area contributed by atoms with Crippen molar-refractivity contribution in [1.29, 1.82) is 0 Å². The number of amides is 4. The molecule has 2 aliphatic heterocycles. The number of hydrogen-bond acceptors (Lipinski definition) is 6. The first-order valence-electron chi connectivity index (χ1n) is 10.5. The van der Waals surface area contributed by atoms with Crippen LogP contribution in [0.3, 0.4) is 0 Å². The third-order valence-corrected chi connectivity index (χ3v) is 5.76. The zero-order valence-corrected chi connectivity index (χ0v) is 17.7. The molecule has 0 aromatic heterocycles. The summed E-state index contributed by atoms with van der Waals surface area (Å²) in [5.74, 6) is -1.37. The van der Waals surface area contributed by atoms with Crippen LogP contribution >= 0.6 is 0 Å². The summed E-state index contributed by atoms with van der Waals surface area (Å²) in [4.78, 5) is 52.2. The molecule has 172 valence electrons. The number of halogens is 1. The van der Waals surface area contributed by atoms with Crippen LogP contribution in [0.25, 0.3) is 0 Å². The van der Waals surface area contributed by atoms with E-state index in [2.05, 4.69) is 5.32 Å². The molecule has 10 nitrogen and oxygen atoms in total. The SMILES string of the molecule is O=C(NCCCN1C(=O)c2ccc([N+](=O)[O-])cc2C1=O)N1CCN(c2ccccc2F)CC1. The predicted molar refractivity (Wildman–Crippen MR) is 117 cm³/mol. The van der Waals surface area contributed by atoms with Crippen LogP contribution in [0, 0.1) is 15.9 Å². The zero-order valence-electron chi connectivity index (χ0n) is 17.7. The number of carbonyl (C=O) groups excluding carboxylic acids is 3. The van der Waals surface area contributed by atoms with Gasteiger partial charge in [0.25, 0.3) is 17.5 Å². The molecule has 1 saturated heterocycles. The lowest BCUT2D eigenvalue weighted by Crippen LogP contribution is -2.52. The highest BCUT2D eigenvalue weighted by Crippen LogP contribution is 2.27. The van der Waals surface area contributed by atoms with Crippen LogP contribution in [-0.2, 0) is 0 Å². The van der Waals surface area contributed by atoms with Crippen LogP contribution < -0.4 is 10.2 Å². The summed E-state index contributed by atoms with van der Waals surface area (Å²) in [5.41, 5.74) is 0.427. The second-order valence-electron chi connectivity index (χ2n) is 7.76. The van der Waals surface area contributed by atoms with Gasteiger partial charge in [-0.15, -0.1) is 0 Å². The Labute approximate surface area is 188 Å². The van der Waals surface area contributed by atoms with Crippen molar-refractivity contribution < 1.29 is 23.7 Å². The number of fused-ring (bicyclic) bond motifs is 1. The van der Waals surface area contributed by atoms with E-state index in [1.807, 2.05) is 4.90 Å². The van der Waals surface area contributed by atoms with Crippen LogP contribution in [0.5, 0.6) is 0 Å². The number of non-ortho nitro benzene ring substituents is 1. The highest BCUT2D eigenvalue weighted by Gasteiger charge is 2.36. The third-order valence-electron chi connectivity index (χ3n) is 5.76. The number of nitrogens with zero attached hydrogens (tertiary/aromatic N) is 4. The van der Waals surface area contributed by atoms with E-state index in [0.717, 1.165) is 11.0 Å². The fourth-order valence-corrected chi connectivity index (χ4v) is 4.00. The zero-order chi connectivity index (χ0) is 23.5. The number of rotatable bonds is 6. The minimum atomic E-state index is -0.619. The maximum absolute atomic E-state index is 13.9. The number of nitro groups is 1. The predicted octanol–water partition coefficient (Wildman–Crippen LogP) is 2.25. The first-order valence-corrected chi connectivity index (χ1v) is 10.5. The van der Waals surface area contributed by atoms with E-state index in [1.165, 1.54) is 18.2 Å². The summed E-state index contributed by atoms with van der Waals surface area (Å²) in [7, 11) is 0. The summed E-state index contributed by atoms with van der Waals surface area (Å²) in [6, 6.07) is 9.85. The van der Waals surface area contributed by atoms with Gasteiger partial charge in [-0.05, 0) is 24.6 Å². The van der Waals surface area contributed by atoms with Gasteiger partial charge in [0.15, 0.2) is 0 Å². The van der Waals surface area contributed by atoms with Gasteiger partial charge in [-0.25, -0.2) is 9.18 Å². The molecular formula is C22H22FN5O5. The molecule has 0 radical (unpaired) electrons.